The van der Waals surface area contributed by atoms with Gasteiger partial charge in [-0.2, -0.15) is 0 Å². The molecule has 2 N–H and O–H groups in total. The Bertz CT molecular complexity index is 495. The Morgan fingerprint density at radius 1 is 1.32 bits per heavy atom. The fourth-order valence-electron chi connectivity index (χ4n) is 2.68. The van der Waals surface area contributed by atoms with E-state index < -0.39 is 0 Å². The third kappa shape index (κ3) is 5.31. The topological polar surface area (TPSA) is 61.4 Å². The van der Waals surface area contributed by atoms with Crippen molar-refractivity contribution in [2.75, 3.05) is 25.5 Å². The first-order valence-electron chi connectivity index (χ1n) is 7.39. The van der Waals surface area contributed by atoms with Crippen LogP contribution < -0.4 is 10.6 Å². The Balaban J connectivity index is 0.00000242. The second-order valence-corrected chi connectivity index (χ2v) is 5.68. The molecule has 1 saturated heterocycles. The van der Waals surface area contributed by atoms with Crippen LogP contribution in [-0.2, 0) is 9.59 Å². The zero-order chi connectivity index (χ0) is 15.2. The highest BCUT2D eigenvalue weighted by Gasteiger charge is 2.27. The molecule has 122 valence electrons. The molecule has 0 unspecified atom stereocenters. The zero-order valence-electron chi connectivity index (χ0n) is 13.0. The molecule has 1 aliphatic rings. The third-order valence-electron chi connectivity index (χ3n) is 3.79. The minimum absolute atomic E-state index is 0. The lowest BCUT2D eigenvalue weighted by Gasteiger charge is -2.30. The first-order chi connectivity index (χ1) is 10.1. The number of rotatable bonds is 4. The van der Waals surface area contributed by atoms with Crippen molar-refractivity contribution >= 4 is 29.9 Å². The molecule has 1 heterocycles. The van der Waals surface area contributed by atoms with Gasteiger partial charge in [-0.15, -0.1) is 12.4 Å². The van der Waals surface area contributed by atoms with Crippen LogP contribution in [0, 0.1) is 5.92 Å². The number of para-hydroxylation sites is 1. The smallest absolute Gasteiger partial charge is 0.243 e. The summed E-state index contributed by atoms with van der Waals surface area (Å²) in [6, 6.07) is 9.63. The molecular weight excluding hydrogens is 302 g/mol. The maximum Gasteiger partial charge on any atom is 0.243 e. The van der Waals surface area contributed by atoms with Crippen LogP contribution in [-0.4, -0.2) is 42.9 Å². The van der Waals surface area contributed by atoms with Crippen molar-refractivity contribution in [3.05, 3.63) is 30.3 Å². The Morgan fingerprint density at radius 2 is 2.00 bits per heavy atom. The van der Waals surface area contributed by atoms with E-state index in [0.29, 0.717) is 6.04 Å². The van der Waals surface area contributed by atoms with E-state index in [1.807, 2.05) is 30.3 Å². The van der Waals surface area contributed by atoms with Crippen LogP contribution in [0.4, 0.5) is 5.69 Å². The number of amides is 2. The highest BCUT2D eigenvalue weighted by Crippen LogP contribution is 2.18. The van der Waals surface area contributed by atoms with Crippen molar-refractivity contribution < 1.29 is 9.59 Å². The summed E-state index contributed by atoms with van der Waals surface area (Å²) in [6.07, 6.45) is 1.68. The summed E-state index contributed by atoms with van der Waals surface area (Å²) in [7, 11) is 1.69. The summed E-state index contributed by atoms with van der Waals surface area (Å²) >= 11 is 0. The molecule has 6 heteroatoms. The summed E-state index contributed by atoms with van der Waals surface area (Å²) in [5.41, 5.74) is 0.749. The molecule has 0 aromatic heterocycles. The lowest BCUT2D eigenvalue weighted by molar-refractivity contribution is -0.137. The molecular formula is C16H24ClN3O2. The van der Waals surface area contributed by atoms with Crippen molar-refractivity contribution in [1.29, 1.82) is 0 Å². The normalized spacial score (nSPS) is 20.6. The van der Waals surface area contributed by atoms with Gasteiger partial charge < -0.3 is 15.5 Å². The van der Waals surface area contributed by atoms with Gasteiger partial charge in [0, 0.05) is 24.7 Å². The summed E-state index contributed by atoms with van der Waals surface area (Å²) in [4.78, 5) is 25.8. The molecule has 22 heavy (non-hydrogen) atoms. The van der Waals surface area contributed by atoms with Crippen LogP contribution in [0.15, 0.2) is 30.3 Å². The number of nitrogens with one attached hydrogen (secondary N) is 2. The van der Waals surface area contributed by atoms with Gasteiger partial charge in [-0.25, -0.2) is 0 Å². The highest BCUT2D eigenvalue weighted by molar-refractivity contribution is 5.94. The maximum absolute atomic E-state index is 12.3. The summed E-state index contributed by atoms with van der Waals surface area (Å²) in [6.45, 7) is 3.04. The number of halogens is 1. The van der Waals surface area contributed by atoms with Crippen LogP contribution in [0.5, 0.6) is 0 Å². The van der Waals surface area contributed by atoms with Crippen molar-refractivity contribution in [2.24, 2.45) is 5.92 Å². The number of carbonyl (C=O) groups excluding carboxylic acids is 2. The fourth-order valence-corrected chi connectivity index (χ4v) is 2.68. The van der Waals surface area contributed by atoms with Crippen LogP contribution in [0.1, 0.15) is 19.8 Å². The van der Waals surface area contributed by atoms with Crippen LogP contribution >= 0.6 is 12.4 Å². The molecule has 0 spiro atoms. The minimum Gasteiger partial charge on any atom is -0.336 e. The highest BCUT2D eigenvalue weighted by atomic mass is 35.5. The van der Waals surface area contributed by atoms with E-state index in [1.54, 1.807) is 7.05 Å². The van der Waals surface area contributed by atoms with Crippen molar-refractivity contribution in [3.63, 3.8) is 0 Å². The molecule has 1 aliphatic heterocycles. The second kappa shape index (κ2) is 8.76. The summed E-state index contributed by atoms with van der Waals surface area (Å²) in [5, 5.41) is 6.12. The van der Waals surface area contributed by atoms with E-state index in [9.17, 15) is 9.59 Å². The van der Waals surface area contributed by atoms with Crippen molar-refractivity contribution in [2.45, 2.75) is 25.8 Å². The first-order valence-corrected chi connectivity index (χ1v) is 7.39. The van der Waals surface area contributed by atoms with Gasteiger partial charge in [0.2, 0.25) is 11.8 Å². The molecule has 1 aromatic rings. The Kier molecular flexibility index (Phi) is 7.35. The van der Waals surface area contributed by atoms with Crippen LogP contribution in [0.25, 0.3) is 0 Å². The Hall–Kier alpha value is -1.59. The molecule has 2 atom stereocenters. The van der Waals surface area contributed by atoms with Gasteiger partial charge in [-0.05, 0) is 38.4 Å². The maximum atomic E-state index is 12.3. The van der Waals surface area contributed by atoms with Crippen molar-refractivity contribution in [3.8, 4) is 0 Å². The van der Waals surface area contributed by atoms with E-state index in [4.69, 9.17) is 0 Å². The predicted octanol–water partition coefficient (Wildman–Crippen LogP) is 1.89. The fraction of sp³-hybridized carbons (Fsp3) is 0.500. The standard InChI is InChI=1S/C16H23N3O2.ClH/c1-12-10-13(8-9-17-12)16(21)19(2)11-15(20)18-14-6-4-3-5-7-14;/h3-7,12-13,17H,8-11H2,1-2H3,(H,18,20);1H/t12-,13-;/m0./s1. The van der Waals surface area contributed by atoms with E-state index in [-0.39, 0.29) is 36.7 Å². The van der Waals surface area contributed by atoms with E-state index >= 15 is 0 Å². The number of hydrogen-bond donors (Lipinski definition) is 2. The lowest BCUT2D eigenvalue weighted by atomic mass is 9.92. The molecule has 0 aliphatic carbocycles. The number of benzene rings is 1. The van der Waals surface area contributed by atoms with E-state index in [1.165, 1.54) is 4.90 Å². The number of nitrogens with zero attached hydrogens (tertiary/aromatic N) is 1. The molecule has 0 bridgehead atoms. The largest absolute Gasteiger partial charge is 0.336 e. The zero-order valence-corrected chi connectivity index (χ0v) is 13.9. The quantitative estimate of drug-likeness (QED) is 0.888. The average molecular weight is 326 g/mol. The molecule has 5 nitrogen and oxygen atoms in total. The van der Waals surface area contributed by atoms with Crippen molar-refractivity contribution in [1.82, 2.24) is 10.2 Å². The van der Waals surface area contributed by atoms with Crippen LogP contribution in [0.3, 0.4) is 0 Å². The number of hydrogen-bond acceptors (Lipinski definition) is 3. The summed E-state index contributed by atoms with van der Waals surface area (Å²) < 4.78 is 0. The van der Waals surface area contributed by atoms with Gasteiger partial charge >= 0.3 is 0 Å². The molecule has 1 aromatic carbocycles. The van der Waals surface area contributed by atoms with Gasteiger partial charge in [-0.3, -0.25) is 9.59 Å². The minimum atomic E-state index is -0.168. The lowest BCUT2D eigenvalue weighted by Crippen LogP contribution is -2.44. The SMILES string of the molecule is C[C@H]1C[C@@H](C(=O)N(C)CC(=O)Nc2ccccc2)CCN1.Cl. The monoisotopic (exact) mass is 325 g/mol. The predicted molar refractivity (Wildman–Crippen MR) is 90.1 cm³/mol. The number of piperidine rings is 1. The van der Waals surface area contributed by atoms with Gasteiger partial charge in [0.05, 0.1) is 6.54 Å². The van der Waals surface area contributed by atoms with Gasteiger partial charge in [-0.1, -0.05) is 18.2 Å². The molecule has 2 amide bonds. The third-order valence-corrected chi connectivity index (χ3v) is 3.79. The molecule has 0 radical (unpaired) electrons. The van der Waals surface area contributed by atoms with Gasteiger partial charge in [0.25, 0.3) is 0 Å². The number of anilines is 1. The number of carbonyl (C=O) groups is 2. The van der Waals surface area contributed by atoms with Gasteiger partial charge in [0.1, 0.15) is 0 Å². The Morgan fingerprint density at radius 3 is 2.64 bits per heavy atom. The second-order valence-electron chi connectivity index (χ2n) is 5.68. The van der Waals surface area contributed by atoms with E-state index in [0.717, 1.165) is 25.1 Å². The first kappa shape index (κ1) is 18.5. The molecule has 2 rings (SSSR count). The van der Waals surface area contributed by atoms with E-state index in [2.05, 4.69) is 17.6 Å². The summed E-state index contributed by atoms with van der Waals surface area (Å²) in [5.74, 6) is -0.0821. The Labute approximate surface area is 137 Å². The molecule has 0 saturated carbocycles. The number of likely N-dealkylation sites (N-methyl/N-ethyl adjacent to an activating group) is 1. The average Bonchev–Trinajstić information content (AvgIpc) is 2.47. The van der Waals surface area contributed by atoms with Crippen LogP contribution in [0.2, 0.25) is 0 Å². The molecule has 1 fully saturated rings. The van der Waals surface area contributed by atoms with Gasteiger partial charge in [0.15, 0.2) is 0 Å².